The highest BCUT2D eigenvalue weighted by atomic mass is 35.5. The molecule has 1 unspecified atom stereocenters. The number of benzene rings is 1. The number of halogens is 1. The maximum atomic E-state index is 12.2. The summed E-state index contributed by atoms with van der Waals surface area (Å²) in [4.78, 5) is 12.2. The van der Waals surface area contributed by atoms with Crippen molar-refractivity contribution < 1.29 is 9.90 Å². The topological polar surface area (TPSA) is 61.4 Å². The first-order valence-corrected chi connectivity index (χ1v) is 7.37. The zero-order valence-corrected chi connectivity index (χ0v) is 13.2. The minimum atomic E-state index is -0.0284. The van der Waals surface area contributed by atoms with Gasteiger partial charge in [-0.3, -0.25) is 4.79 Å². The Morgan fingerprint density at radius 1 is 1.43 bits per heavy atom. The Bertz CT molecular complexity index is 428. The summed E-state index contributed by atoms with van der Waals surface area (Å²) in [7, 11) is 0. The molecule has 1 aliphatic rings. The molecular weight excluding hydrogens is 288 g/mol. The normalized spacial score (nSPS) is 23.0. The fourth-order valence-corrected chi connectivity index (χ4v) is 2.75. The Labute approximate surface area is 132 Å². The summed E-state index contributed by atoms with van der Waals surface area (Å²) < 4.78 is 0. The molecule has 0 aromatic heterocycles. The number of amides is 1. The number of carbonyl (C=O) groups is 1. The second kappa shape index (κ2) is 9.03. The van der Waals surface area contributed by atoms with Crippen LogP contribution in [0.1, 0.15) is 31.2 Å². The highest BCUT2D eigenvalue weighted by Crippen LogP contribution is 2.17. The van der Waals surface area contributed by atoms with Crippen LogP contribution in [0.3, 0.4) is 0 Å². The summed E-state index contributed by atoms with van der Waals surface area (Å²) in [6.07, 6.45) is 1.78. The highest BCUT2D eigenvalue weighted by Gasteiger charge is 2.25. The van der Waals surface area contributed by atoms with Crippen LogP contribution in [0.4, 0.5) is 0 Å². The molecule has 1 fully saturated rings. The quantitative estimate of drug-likeness (QED) is 0.775. The van der Waals surface area contributed by atoms with E-state index in [9.17, 15) is 9.90 Å². The minimum Gasteiger partial charge on any atom is -0.396 e. The summed E-state index contributed by atoms with van der Waals surface area (Å²) >= 11 is 0. The van der Waals surface area contributed by atoms with Gasteiger partial charge >= 0.3 is 0 Å². The Hall–Kier alpha value is -1.10. The molecule has 4 nitrogen and oxygen atoms in total. The lowest BCUT2D eigenvalue weighted by molar-refractivity contribution is -0.126. The molecule has 0 bridgehead atoms. The summed E-state index contributed by atoms with van der Waals surface area (Å²) in [6.45, 7) is 3.56. The zero-order chi connectivity index (χ0) is 14.4. The average molecular weight is 313 g/mol. The molecule has 0 aliphatic carbocycles. The molecule has 0 spiro atoms. The molecule has 118 valence electrons. The Morgan fingerprint density at radius 3 is 2.76 bits per heavy atom. The van der Waals surface area contributed by atoms with Gasteiger partial charge in [-0.25, -0.2) is 0 Å². The van der Waals surface area contributed by atoms with E-state index in [1.807, 2.05) is 30.3 Å². The van der Waals surface area contributed by atoms with Gasteiger partial charge in [-0.15, -0.1) is 12.4 Å². The van der Waals surface area contributed by atoms with E-state index in [0.29, 0.717) is 12.6 Å². The van der Waals surface area contributed by atoms with Gasteiger partial charge in [-0.05, 0) is 31.9 Å². The highest BCUT2D eigenvalue weighted by molar-refractivity contribution is 5.85. The van der Waals surface area contributed by atoms with Crippen LogP contribution < -0.4 is 10.6 Å². The van der Waals surface area contributed by atoms with Crippen LogP contribution in [0.25, 0.3) is 0 Å². The Kier molecular flexibility index (Phi) is 7.72. The maximum absolute atomic E-state index is 12.2. The van der Waals surface area contributed by atoms with Gasteiger partial charge in [0.15, 0.2) is 0 Å². The molecule has 2 rings (SSSR count). The lowest BCUT2D eigenvalue weighted by Crippen LogP contribution is -2.43. The number of aliphatic hydroxyl groups excluding tert-OH is 1. The number of hydrogen-bond donors (Lipinski definition) is 3. The molecule has 0 radical (unpaired) electrons. The molecular formula is C16H25ClN2O2. The van der Waals surface area contributed by atoms with Crippen LogP contribution >= 0.6 is 12.4 Å². The van der Waals surface area contributed by atoms with Crippen LogP contribution in [0, 0.1) is 5.92 Å². The smallest absolute Gasteiger partial charge is 0.223 e. The first-order valence-electron chi connectivity index (χ1n) is 7.37. The molecule has 3 N–H and O–H groups in total. The third kappa shape index (κ3) is 5.30. The first-order chi connectivity index (χ1) is 9.70. The second-order valence-corrected chi connectivity index (χ2v) is 5.61. The fraction of sp³-hybridized carbons (Fsp3) is 0.562. The van der Waals surface area contributed by atoms with Crippen molar-refractivity contribution in [2.45, 2.75) is 31.7 Å². The first kappa shape index (κ1) is 18.0. The maximum Gasteiger partial charge on any atom is 0.223 e. The Morgan fingerprint density at radius 2 is 2.14 bits per heavy atom. The van der Waals surface area contributed by atoms with Gasteiger partial charge in [-0.1, -0.05) is 30.3 Å². The van der Waals surface area contributed by atoms with Gasteiger partial charge in [-0.2, -0.15) is 0 Å². The van der Waals surface area contributed by atoms with E-state index < -0.39 is 0 Å². The minimum absolute atomic E-state index is 0. The van der Waals surface area contributed by atoms with E-state index >= 15 is 0 Å². The van der Waals surface area contributed by atoms with Crippen molar-refractivity contribution in [2.75, 3.05) is 19.7 Å². The van der Waals surface area contributed by atoms with E-state index in [2.05, 4.69) is 17.6 Å². The number of carbonyl (C=O) groups excluding carboxylic acids is 1. The number of aliphatic hydroxyl groups is 1. The van der Waals surface area contributed by atoms with Crippen molar-refractivity contribution >= 4 is 18.3 Å². The van der Waals surface area contributed by atoms with Gasteiger partial charge in [0.2, 0.25) is 5.91 Å². The zero-order valence-electron chi connectivity index (χ0n) is 12.4. The predicted molar refractivity (Wildman–Crippen MR) is 86.7 cm³/mol. The molecule has 3 atom stereocenters. The summed E-state index contributed by atoms with van der Waals surface area (Å²) in [5, 5.41) is 15.8. The fourth-order valence-electron chi connectivity index (χ4n) is 2.75. The van der Waals surface area contributed by atoms with Gasteiger partial charge in [0.25, 0.3) is 0 Å². The molecule has 5 heteroatoms. The van der Waals surface area contributed by atoms with Crippen molar-refractivity contribution in [3.63, 3.8) is 0 Å². The number of nitrogens with one attached hydrogen (secondary N) is 2. The molecule has 1 heterocycles. The largest absolute Gasteiger partial charge is 0.396 e. The van der Waals surface area contributed by atoms with Crippen LogP contribution in [0.15, 0.2) is 30.3 Å². The van der Waals surface area contributed by atoms with Crippen LogP contribution in [-0.2, 0) is 4.79 Å². The van der Waals surface area contributed by atoms with Crippen molar-refractivity contribution in [1.29, 1.82) is 0 Å². The van der Waals surface area contributed by atoms with Crippen molar-refractivity contribution in [2.24, 2.45) is 5.92 Å². The van der Waals surface area contributed by atoms with Crippen LogP contribution in [-0.4, -0.2) is 36.8 Å². The van der Waals surface area contributed by atoms with Gasteiger partial charge < -0.3 is 15.7 Å². The van der Waals surface area contributed by atoms with E-state index in [1.54, 1.807) is 0 Å². The molecule has 1 amide bonds. The van der Waals surface area contributed by atoms with Gasteiger partial charge in [0, 0.05) is 24.4 Å². The number of hydrogen-bond acceptors (Lipinski definition) is 3. The standard InChI is InChI=1S/C16H24N2O2.ClH/c1-12-9-14(7-8-17-12)16(20)18-10-15(11-19)13-5-3-2-4-6-13;/h2-6,12,14-15,17,19H,7-11H2,1H3,(H,18,20);1H/t12-,14-,15?;/m0./s1. The molecule has 1 aromatic rings. The van der Waals surface area contributed by atoms with E-state index in [0.717, 1.165) is 24.9 Å². The summed E-state index contributed by atoms with van der Waals surface area (Å²) in [5.41, 5.74) is 1.06. The summed E-state index contributed by atoms with van der Waals surface area (Å²) in [5.74, 6) is 0.188. The SMILES string of the molecule is C[C@H]1C[C@@H](C(=O)NCC(CO)c2ccccc2)CCN1.Cl. The van der Waals surface area contributed by atoms with Crippen LogP contribution in [0.2, 0.25) is 0 Å². The summed E-state index contributed by atoms with van der Waals surface area (Å²) in [6, 6.07) is 10.2. The van der Waals surface area contributed by atoms with E-state index in [4.69, 9.17) is 0 Å². The molecule has 21 heavy (non-hydrogen) atoms. The number of piperidine rings is 1. The van der Waals surface area contributed by atoms with E-state index in [1.165, 1.54) is 0 Å². The van der Waals surface area contributed by atoms with Crippen molar-refractivity contribution in [3.8, 4) is 0 Å². The Balaban J connectivity index is 0.00000220. The third-order valence-corrected chi connectivity index (χ3v) is 4.01. The lowest BCUT2D eigenvalue weighted by atomic mass is 9.92. The third-order valence-electron chi connectivity index (χ3n) is 4.01. The molecule has 1 aliphatic heterocycles. The predicted octanol–water partition coefficient (Wildman–Crippen LogP) is 1.69. The number of rotatable bonds is 5. The van der Waals surface area contributed by atoms with Crippen LogP contribution in [0.5, 0.6) is 0 Å². The van der Waals surface area contributed by atoms with Crippen molar-refractivity contribution in [1.82, 2.24) is 10.6 Å². The van der Waals surface area contributed by atoms with E-state index in [-0.39, 0.29) is 36.8 Å². The van der Waals surface area contributed by atoms with Gasteiger partial charge in [0.1, 0.15) is 0 Å². The average Bonchev–Trinajstić information content (AvgIpc) is 2.49. The second-order valence-electron chi connectivity index (χ2n) is 5.61. The lowest BCUT2D eigenvalue weighted by Gasteiger charge is -2.27. The van der Waals surface area contributed by atoms with Crippen molar-refractivity contribution in [3.05, 3.63) is 35.9 Å². The molecule has 1 saturated heterocycles. The molecule has 0 saturated carbocycles. The molecule has 1 aromatic carbocycles. The van der Waals surface area contributed by atoms with Gasteiger partial charge in [0.05, 0.1) is 6.61 Å². The monoisotopic (exact) mass is 312 g/mol.